The highest BCUT2D eigenvalue weighted by Crippen LogP contribution is 2.22. The molecular weight excluding hydrogens is 338 g/mol. The highest BCUT2D eigenvalue weighted by atomic mass is 16.5. The number of carbonyl (C=O) groups excluding carboxylic acids is 1. The number of hydrogen-bond donors (Lipinski definition) is 0. The first-order chi connectivity index (χ1) is 13.2. The molecule has 5 nitrogen and oxygen atoms in total. The topological polar surface area (TPSA) is 36.0 Å². The van der Waals surface area contributed by atoms with Crippen LogP contribution in [0, 0.1) is 0 Å². The zero-order valence-corrected chi connectivity index (χ0v) is 16.5. The third-order valence-corrected chi connectivity index (χ3v) is 5.23. The van der Waals surface area contributed by atoms with Crippen LogP contribution >= 0.6 is 0 Å². The highest BCUT2D eigenvalue weighted by Gasteiger charge is 2.22. The summed E-state index contributed by atoms with van der Waals surface area (Å²) < 4.78 is 5.23. The molecule has 0 N–H and O–H groups in total. The SMILES string of the molecule is CCN(CC)c1ccc(N2CCN(C(=O)c3cccc(OC)c3)CC2)cc1. The van der Waals surface area contributed by atoms with E-state index in [1.54, 1.807) is 13.2 Å². The van der Waals surface area contributed by atoms with Gasteiger partial charge in [-0.15, -0.1) is 0 Å². The molecule has 1 aliphatic heterocycles. The number of hydrogen-bond acceptors (Lipinski definition) is 4. The van der Waals surface area contributed by atoms with Gasteiger partial charge in [0.2, 0.25) is 0 Å². The van der Waals surface area contributed by atoms with Crippen molar-refractivity contribution < 1.29 is 9.53 Å². The second-order valence-corrected chi connectivity index (χ2v) is 6.70. The Morgan fingerprint density at radius 1 is 1.00 bits per heavy atom. The van der Waals surface area contributed by atoms with Crippen molar-refractivity contribution in [3.63, 3.8) is 0 Å². The van der Waals surface area contributed by atoms with E-state index >= 15 is 0 Å². The minimum Gasteiger partial charge on any atom is -0.497 e. The first kappa shape index (κ1) is 19.1. The van der Waals surface area contributed by atoms with Crippen LogP contribution < -0.4 is 14.5 Å². The van der Waals surface area contributed by atoms with Gasteiger partial charge in [-0.2, -0.15) is 0 Å². The van der Waals surface area contributed by atoms with Gasteiger partial charge in [0, 0.05) is 56.2 Å². The molecular formula is C22H29N3O2. The molecule has 0 unspecified atom stereocenters. The number of methoxy groups -OCH3 is 1. The van der Waals surface area contributed by atoms with Crippen molar-refractivity contribution in [2.75, 3.05) is 56.2 Å². The van der Waals surface area contributed by atoms with E-state index in [2.05, 4.69) is 47.9 Å². The maximum Gasteiger partial charge on any atom is 0.254 e. The van der Waals surface area contributed by atoms with Gasteiger partial charge in [-0.05, 0) is 56.3 Å². The van der Waals surface area contributed by atoms with E-state index in [1.807, 2.05) is 23.1 Å². The molecule has 0 aromatic heterocycles. The van der Waals surface area contributed by atoms with Crippen LogP contribution in [0.25, 0.3) is 0 Å². The average molecular weight is 367 g/mol. The number of amides is 1. The van der Waals surface area contributed by atoms with Crippen molar-refractivity contribution in [2.45, 2.75) is 13.8 Å². The van der Waals surface area contributed by atoms with Gasteiger partial charge in [-0.1, -0.05) is 6.07 Å². The number of carbonyl (C=O) groups is 1. The number of benzene rings is 2. The van der Waals surface area contributed by atoms with E-state index in [0.717, 1.165) is 39.3 Å². The maximum absolute atomic E-state index is 12.7. The molecule has 1 amide bonds. The van der Waals surface area contributed by atoms with Crippen LogP contribution in [0.2, 0.25) is 0 Å². The predicted molar refractivity (Wildman–Crippen MR) is 111 cm³/mol. The van der Waals surface area contributed by atoms with E-state index in [0.29, 0.717) is 11.3 Å². The lowest BCUT2D eigenvalue weighted by Gasteiger charge is -2.36. The zero-order valence-electron chi connectivity index (χ0n) is 16.5. The summed E-state index contributed by atoms with van der Waals surface area (Å²) in [5.41, 5.74) is 3.17. The first-order valence-corrected chi connectivity index (χ1v) is 9.69. The molecule has 144 valence electrons. The summed E-state index contributed by atoms with van der Waals surface area (Å²) >= 11 is 0. The molecule has 1 fully saturated rings. The Morgan fingerprint density at radius 3 is 2.26 bits per heavy atom. The fraction of sp³-hybridized carbons (Fsp3) is 0.409. The van der Waals surface area contributed by atoms with E-state index in [-0.39, 0.29) is 5.91 Å². The Balaban J connectivity index is 1.60. The van der Waals surface area contributed by atoms with Gasteiger partial charge in [0.25, 0.3) is 5.91 Å². The van der Waals surface area contributed by atoms with Gasteiger partial charge < -0.3 is 19.4 Å². The lowest BCUT2D eigenvalue weighted by molar-refractivity contribution is 0.0746. The average Bonchev–Trinajstić information content (AvgIpc) is 2.75. The molecule has 27 heavy (non-hydrogen) atoms. The molecule has 1 heterocycles. The lowest BCUT2D eigenvalue weighted by atomic mass is 10.1. The molecule has 1 saturated heterocycles. The summed E-state index contributed by atoms with van der Waals surface area (Å²) in [5.74, 6) is 0.790. The van der Waals surface area contributed by atoms with Crippen molar-refractivity contribution in [1.82, 2.24) is 4.90 Å². The fourth-order valence-electron chi connectivity index (χ4n) is 3.57. The summed E-state index contributed by atoms with van der Waals surface area (Å²) in [5, 5.41) is 0. The minimum atomic E-state index is 0.0745. The van der Waals surface area contributed by atoms with Crippen molar-refractivity contribution in [3.05, 3.63) is 54.1 Å². The molecule has 0 bridgehead atoms. The van der Waals surface area contributed by atoms with Gasteiger partial charge in [0.15, 0.2) is 0 Å². The van der Waals surface area contributed by atoms with Gasteiger partial charge in [-0.3, -0.25) is 4.79 Å². The maximum atomic E-state index is 12.7. The smallest absolute Gasteiger partial charge is 0.254 e. The summed E-state index contributed by atoms with van der Waals surface area (Å²) in [6.45, 7) is 9.54. The molecule has 0 spiro atoms. The predicted octanol–water partition coefficient (Wildman–Crippen LogP) is 3.50. The Bertz CT molecular complexity index is 748. The largest absolute Gasteiger partial charge is 0.497 e. The third-order valence-electron chi connectivity index (χ3n) is 5.23. The molecule has 0 saturated carbocycles. The number of ether oxygens (including phenoxy) is 1. The molecule has 0 radical (unpaired) electrons. The molecule has 2 aromatic carbocycles. The molecule has 1 aliphatic rings. The Hall–Kier alpha value is -2.69. The second-order valence-electron chi connectivity index (χ2n) is 6.70. The third kappa shape index (κ3) is 4.35. The van der Waals surface area contributed by atoms with Gasteiger partial charge in [0.05, 0.1) is 7.11 Å². The van der Waals surface area contributed by atoms with Crippen LogP contribution in [0.1, 0.15) is 24.2 Å². The van der Waals surface area contributed by atoms with E-state index < -0.39 is 0 Å². The molecule has 0 atom stereocenters. The number of anilines is 2. The Morgan fingerprint density at radius 2 is 1.67 bits per heavy atom. The quantitative estimate of drug-likeness (QED) is 0.783. The van der Waals surface area contributed by atoms with Crippen molar-refractivity contribution >= 4 is 17.3 Å². The monoisotopic (exact) mass is 367 g/mol. The van der Waals surface area contributed by atoms with E-state index in [4.69, 9.17) is 4.74 Å². The van der Waals surface area contributed by atoms with Gasteiger partial charge in [0.1, 0.15) is 5.75 Å². The summed E-state index contributed by atoms with van der Waals surface area (Å²) in [6, 6.07) is 16.1. The van der Waals surface area contributed by atoms with E-state index in [1.165, 1.54) is 11.4 Å². The number of rotatable bonds is 6. The van der Waals surface area contributed by atoms with Crippen molar-refractivity contribution in [2.24, 2.45) is 0 Å². The Kier molecular flexibility index (Phi) is 6.22. The van der Waals surface area contributed by atoms with Crippen LogP contribution in [0.3, 0.4) is 0 Å². The number of nitrogens with zero attached hydrogens (tertiary/aromatic N) is 3. The summed E-state index contributed by atoms with van der Waals surface area (Å²) in [6.07, 6.45) is 0. The Labute approximate surface area is 162 Å². The lowest BCUT2D eigenvalue weighted by Crippen LogP contribution is -2.48. The molecule has 2 aromatic rings. The normalized spacial score (nSPS) is 14.2. The van der Waals surface area contributed by atoms with Crippen LogP contribution in [-0.2, 0) is 0 Å². The summed E-state index contributed by atoms with van der Waals surface area (Å²) in [7, 11) is 1.62. The van der Waals surface area contributed by atoms with Crippen LogP contribution in [-0.4, -0.2) is 57.2 Å². The molecule has 0 aliphatic carbocycles. The van der Waals surface area contributed by atoms with Crippen LogP contribution in [0.4, 0.5) is 11.4 Å². The van der Waals surface area contributed by atoms with Crippen LogP contribution in [0.5, 0.6) is 5.75 Å². The van der Waals surface area contributed by atoms with Crippen LogP contribution in [0.15, 0.2) is 48.5 Å². The summed E-state index contributed by atoms with van der Waals surface area (Å²) in [4.78, 5) is 19.4. The van der Waals surface area contributed by atoms with Crippen molar-refractivity contribution in [3.8, 4) is 5.75 Å². The standard InChI is InChI=1S/C22H29N3O2/c1-4-23(5-2)19-9-11-20(12-10-19)24-13-15-25(16-14-24)22(26)18-7-6-8-21(17-18)27-3/h6-12,17H,4-5,13-16H2,1-3H3. The van der Waals surface area contributed by atoms with E-state index in [9.17, 15) is 4.79 Å². The van der Waals surface area contributed by atoms with Crippen molar-refractivity contribution in [1.29, 1.82) is 0 Å². The number of piperazine rings is 1. The second kappa shape index (κ2) is 8.80. The molecule has 3 rings (SSSR count). The van der Waals surface area contributed by atoms with Gasteiger partial charge in [-0.25, -0.2) is 0 Å². The minimum absolute atomic E-state index is 0.0745. The zero-order chi connectivity index (χ0) is 19.2. The fourth-order valence-corrected chi connectivity index (χ4v) is 3.57. The van der Waals surface area contributed by atoms with Gasteiger partial charge >= 0.3 is 0 Å². The molecule has 5 heteroatoms. The highest BCUT2D eigenvalue weighted by molar-refractivity contribution is 5.94. The first-order valence-electron chi connectivity index (χ1n) is 9.69.